The smallest absolute Gasteiger partial charge is 0.0495 e. The van der Waals surface area contributed by atoms with Crippen molar-refractivity contribution in [3.05, 3.63) is 41.4 Å². The summed E-state index contributed by atoms with van der Waals surface area (Å²) in [5.41, 5.74) is 0. The summed E-state index contributed by atoms with van der Waals surface area (Å²) in [4.78, 5) is 1.21. The molecular formula is C11H9ClS. The van der Waals surface area contributed by atoms with E-state index in [1.165, 1.54) is 10.3 Å². The van der Waals surface area contributed by atoms with Gasteiger partial charge in [-0.1, -0.05) is 35.9 Å². The molecule has 0 radical (unpaired) electrons. The van der Waals surface area contributed by atoms with Crippen LogP contribution in [0.4, 0.5) is 0 Å². The Kier molecular flexibility index (Phi) is 2.47. The Bertz CT molecular complexity index is 437. The molecule has 0 saturated heterocycles. The third-order valence-electron chi connectivity index (χ3n) is 2.02. The highest BCUT2D eigenvalue weighted by Crippen LogP contribution is 2.28. The molecule has 2 aromatic rings. The summed E-state index contributed by atoms with van der Waals surface area (Å²) in [6.45, 7) is 0. The third-order valence-corrected chi connectivity index (χ3v) is 3.04. The molecule has 0 aliphatic heterocycles. The summed E-state index contributed by atoms with van der Waals surface area (Å²) in [6, 6.07) is 12.3. The number of benzene rings is 2. The molecule has 0 fully saturated rings. The molecule has 0 N–H and O–H groups in total. The topological polar surface area (TPSA) is 0 Å². The van der Waals surface area contributed by atoms with Gasteiger partial charge in [-0.3, -0.25) is 0 Å². The molecular weight excluding hydrogens is 200 g/mol. The highest BCUT2D eigenvalue weighted by molar-refractivity contribution is 7.98. The summed E-state index contributed by atoms with van der Waals surface area (Å²) in [6.07, 6.45) is 2.06. The van der Waals surface area contributed by atoms with Gasteiger partial charge in [-0.2, -0.15) is 0 Å². The van der Waals surface area contributed by atoms with Gasteiger partial charge in [-0.25, -0.2) is 0 Å². The molecule has 0 spiro atoms. The van der Waals surface area contributed by atoms with Gasteiger partial charge in [0.05, 0.1) is 0 Å². The fraction of sp³-hybridized carbons (Fsp3) is 0.0909. The number of rotatable bonds is 1. The van der Waals surface area contributed by atoms with E-state index in [-0.39, 0.29) is 0 Å². The van der Waals surface area contributed by atoms with Gasteiger partial charge in [-0.05, 0) is 23.8 Å². The second-order valence-electron chi connectivity index (χ2n) is 2.83. The van der Waals surface area contributed by atoms with Gasteiger partial charge in [0.2, 0.25) is 0 Å². The number of halogens is 1. The summed E-state index contributed by atoms with van der Waals surface area (Å²) < 4.78 is 0. The molecule has 2 aromatic carbocycles. The van der Waals surface area contributed by atoms with Crippen LogP contribution >= 0.6 is 23.4 Å². The van der Waals surface area contributed by atoms with Crippen molar-refractivity contribution in [2.45, 2.75) is 4.90 Å². The molecule has 0 nitrogen and oxygen atoms in total. The van der Waals surface area contributed by atoms with Crippen molar-refractivity contribution in [3.63, 3.8) is 0 Å². The molecule has 0 aromatic heterocycles. The first-order valence-corrected chi connectivity index (χ1v) is 5.64. The second kappa shape index (κ2) is 3.60. The van der Waals surface area contributed by atoms with Gasteiger partial charge in [0.25, 0.3) is 0 Å². The molecule has 2 heteroatoms. The molecule has 0 aliphatic rings. The Morgan fingerprint density at radius 2 is 1.92 bits per heavy atom. The highest BCUT2D eigenvalue weighted by atomic mass is 35.5. The van der Waals surface area contributed by atoms with Crippen LogP contribution in [-0.2, 0) is 0 Å². The van der Waals surface area contributed by atoms with Crippen molar-refractivity contribution in [2.75, 3.05) is 6.26 Å². The van der Waals surface area contributed by atoms with Crippen LogP contribution in [0.3, 0.4) is 0 Å². The average Bonchev–Trinajstić information content (AvgIpc) is 2.18. The predicted octanol–water partition coefficient (Wildman–Crippen LogP) is 4.22. The molecule has 66 valence electrons. The lowest BCUT2D eigenvalue weighted by molar-refractivity contribution is 1.51. The minimum absolute atomic E-state index is 0.836. The molecule has 0 atom stereocenters. The largest absolute Gasteiger partial charge is 0.130 e. The Labute approximate surface area is 86.9 Å². The maximum Gasteiger partial charge on any atom is 0.0495 e. The van der Waals surface area contributed by atoms with E-state index in [1.54, 1.807) is 11.8 Å². The van der Waals surface area contributed by atoms with Crippen LogP contribution in [0.5, 0.6) is 0 Å². The van der Waals surface area contributed by atoms with Crippen molar-refractivity contribution in [2.24, 2.45) is 0 Å². The molecule has 0 amide bonds. The highest BCUT2D eigenvalue weighted by Gasteiger charge is 2.00. The second-order valence-corrected chi connectivity index (χ2v) is 4.12. The number of hydrogen-bond acceptors (Lipinski definition) is 1. The van der Waals surface area contributed by atoms with E-state index < -0.39 is 0 Å². The average molecular weight is 209 g/mol. The van der Waals surface area contributed by atoms with E-state index in [0.717, 1.165) is 10.4 Å². The molecule has 0 bridgehead atoms. The van der Waals surface area contributed by atoms with Gasteiger partial charge in [0.15, 0.2) is 0 Å². The minimum Gasteiger partial charge on any atom is -0.130 e. The van der Waals surface area contributed by atoms with Gasteiger partial charge in [-0.15, -0.1) is 11.8 Å². The van der Waals surface area contributed by atoms with Gasteiger partial charge in [0.1, 0.15) is 0 Å². The Balaban J connectivity index is 2.77. The fourth-order valence-corrected chi connectivity index (χ4v) is 2.19. The van der Waals surface area contributed by atoms with E-state index >= 15 is 0 Å². The lowest BCUT2D eigenvalue weighted by atomic mass is 10.1. The minimum atomic E-state index is 0.836. The summed E-state index contributed by atoms with van der Waals surface area (Å²) >= 11 is 7.84. The SMILES string of the molecule is CSc1cc(Cl)c2ccccc2c1. The van der Waals surface area contributed by atoms with E-state index in [4.69, 9.17) is 11.6 Å². The van der Waals surface area contributed by atoms with Crippen LogP contribution in [0, 0.1) is 0 Å². The monoisotopic (exact) mass is 208 g/mol. The van der Waals surface area contributed by atoms with E-state index in [1.807, 2.05) is 24.3 Å². The first-order valence-electron chi connectivity index (χ1n) is 4.03. The van der Waals surface area contributed by atoms with Crippen molar-refractivity contribution in [3.8, 4) is 0 Å². The van der Waals surface area contributed by atoms with E-state index in [0.29, 0.717) is 0 Å². The third kappa shape index (κ3) is 1.67. The Hall–Kier alpha value is -0.660. The van der Waals surface area contributed by atoms with Gasteiger partial charge in [0, 0.05) is 15.3 Å². The molecule has 0 heterocycles. The van der Waals surface area contributed by atoms with Crippen LogP contribution in [-0.4, -0.2) is 6.26 Å². The van der Waals surface area contributed by atoms with Gasteiger partial charge < -0.3 is 0 Å². The zero-order valence-electron chi connectivity index (χ0n) is 7.25. The number of fused-ring (bicyclic) bond motifs is 1. The first-order chi connectivity index (χ1) is 6.31. The summed E-state index contributed by atoms with van der Waals surface area (Å²) in [5, 5.41) is 3.17. The first kappa shape index (κ1) is 8.92. The Morgan fingerprint density at radius 3 is 2.69 bits per heavy atom. The number of thioether (sulfide) groups is 1. The number of hydrogen-bond donors (Lipinski definition) is 0. The zero-order valence-corrected chi connectivity index (χ0v) is 8.82. The zero-order chi connectivity index (χ0) is 9.26. The standard InChI is InChI=1S/C11H9ClS/c1-13-9-6-8-4-2-3-5-10(8)11(12)7-9/h2-7H,1H3. The van der Waals surface area contributed by atoms with Crippen molar-refractivity contribution in [1.82, 2.24) is 0 Å². The predicted molar refractivity (Wildman–Crippen MR) is 60.7 cm³/mol. The molecule has 0 saturated carbocycles. The molecule has 0 unspecified atom stereocenters. The van der Waals surface area contributed by atoms with Crippen LogP contribution in [0.2, 0.25) is 5.02 Å². The molecule has 2 rings (SSSR count). The fourth-order valence-electron chi connectivity index (χ4n) is 1.36. The van der Waals surface area contributed by atoms with Crippen LogP contribution in [0.1, 0.15) is 0 Å². The quantitative estimate of drug-likeness (QED) is 0.633. The Morgan fingerprint density at radius 1 is 1.15 bits per heavy atom. The normalized spacial score (nSPS) is 10.6. The van der Waals surface area contributed by atoms with E-state index in [2.05, 4.69) is 18.4 Å². The summed E-state index contributed by atoms with van der Waals surface area (Å²) in [7, 11) is 0. The van der Waals surface area contributed by atoms with Crippen molar-refractivity contribution >= 4 is 34.1 Å². The lowest BCUT2D eigenvalue weighted by Crippen LogP contribution is -1.76. The van der Waals surface area contributed by atoms with Crippen LogP contribution < -0.4 is 0 Å². The van der Waals surface area contributed by atoms with Gasteiger partial charge >= 0.3 is 0 Å². The van der Waals surface area contributed by atoms with Crippen LogP contribution in [0.25, 0.3) is 10.8 Å². The maximum atomic E-state index is 6.13. The summed E-state index contributed by atoms with van der Waals surface area (Å²) in [5.74, 6) is 0. The van der Waals surface area contributed by atoms with Crippen LogP contribution in [0.15, 0.2) is 41.3 Å². The molecule has 0 aliphatic carbocycles. The van der Waals surface area contributed by atoms with E-state index in [9.17, 15) is 0 Å². The maximum absolute atomic E-state index is 6.13. The lowest BCUT2D eigenvalue weighted by Gasteiger charge is -2.02. The van der Waals surface area contributed by atoms with Crippen molar-refractivity contribution in [1.29, 1.82) is 0 Å². The van der Waals surface area contributed by atoms with Crippen molar-refractivity contribution < 1.29 is 0 Å². The molecule has 13 heavy (non-hydrogen) atoms.